The van der Waals surface area contributed by atoms with Crippen LogP contribution in [0.3, 0.4) is 0 Å². The topological polar surface area (TPSA) is 9.23 Å². The maximum absolute atomic E-state index is 5.42. The lowest BCUT2D eigenvalue weighted by atomic mass is 9.55. The lowest BCUT2D eigenvalue weighted by molar-refractivity contribution is 0.0813. The molecule has 1 aromatic carbocycles. The predicted octanol–water partition coefficient (Wildman–Crippen LogP) is 5.50. The van der Waals surface area contributed by atoms with Gasteiger partial charge in [0.25, 0.3) is 0 Å². The van der Waals surface area contributed by atoms with Crippen LogP contribution in [0, 0.1) is 17.3 Å². The summed E-state index contributed by atoms with van der Waals surface area (Å²) in [5, 5.41) is 0. The van der Waals surface area contributed by atoms with Gasteiger partial charge >= 0.3 is 0 Å². The van der Waals surface area contributed by atoms with Crippen molar-refractivity contribution in [2.75, 3.05) is 7.11 Å². The first kappa shape index (κ1) is 14.4. The average molecular weight is 296 g/mol. The molecule has 22 heavy (non-hydrogen) atoms. The minimum atomic E-state index is 0.500. The molecule has 4 rings (SSSR count). The lowest BCUT2D eigenvalue weighted by Gasteiger charge is -2.49. The zero-order valence-corrected chi connectivity index (χ0v) is 14.2. The summed E-state index contributed by atoms with van der Waals surface area (Å²) in [5.74, 6) is 3.63. The number of ether oxygens (including phenoxy) is 1. The van der Waals surface area contributed by atoms with Gasteiger partial charge in [0.05, 0.1) is 7.11 Å². The average Bonchev–Trinajstić information content (AvgIpc) is 2.90. The van der Waals surface area contributed by atoms with E-state index in [0.717, 1.165) is 23.5 Å². The van der Waals surface area contributed by atoms with E-state index in [1.165, 1.54) is 38.5 Å². The zero-order chi connectivity index (χ0) is 15.3. The van der Waals surface area contributed by atoms with E-state index >= 15 is 0 Å². The Morgan fingerprint density at radius 1 is 1.18 bits per heavy atom. The highest BCUT2D eigenvalue weighted by Gasteiger charge is 2.52. The SMILES string of the molecule is C/C=C1\CC[C@@H]2[C@@H]3CCc4cc(OC)ccc4[C@H]3CC[C@]12C. The summed E-state index contributed by atoms with van der Waals surface area (Å²) in [6.45, 7) is 4.80. The largest absolute Gasteiger partial charge is 0.497 e. The van der Waals surface area contributed by atoms with Crippen molar-refractivity contribution in [1.29, 1.82) is 0 Å². The monoisotopic (exact) mass is 296 g/mol. The Bertz CT molecular complexity index is 614. The molecule has 4 atom stereocenters. The number of methoxy groups -OCH3 is 1. The van der Waals surface area contributed by atoms with Crippen LogP contribution in [0.2, 0.25) is 0 Å². The number of allylic oxidation sites excluding steroid dienone is 2. The fourth-order valence-electron chi connectivity index (χ4n) is 6.01. The number of rotatable bonds is 1. The minimum Gasteiger partial charge on any atom is -0.497 e. The van der Waals surface area contributed by atoms with Gasteiger partial charge in [-0.05, 0) is 91.9 Å². The summed E-state index contributed by atoms with van der Waals surface area (Å²) in [7, 11) is 1.77. The second-order valence-corrected chi connectivity index (χ2v) is 7.79. The summed E-state index contributed by atoms with van der Waals surface area (Å²) >= 11 is 0. The molecule has 0 radical (unpaired) electrons. The van der Waals surface area contributed by atoms with Gasteiger partial charge in [0.1, 0.15) is 5.75 Å². The number of fused-ring (bicyclic) bond motifs is 5. The van der Waals surface area contributed by atoms with Crippen LogP contribution in [0.5, 0.6) is 5.75 Å². The summed E-state index contributed by atoms with van der Waals surface area (Å²) < 4.78 is 5.42. The molecule has 2 saturated carbocycles. The molecule has 3 aliphatic carbocycles. The van der Waals surface area contributed by atoms with Crippen LogP contribution < -0.4 is 4.74 Å². The Balaban J connectivity index is 1.69. The normalized spacial score (nSPS) is 38.3. The van der Waals surface area contributed by atoms with Gasteiger partial charge in [0, 0.05) is 0 Å². The highest BCUT2D eigenvalue weighted by molar-refractivity contribution is 5.41. The van der Waals surface area contributed by atoms with Crippen LogP contribution in [0.4, 0.5) is 0 Å². The van der Waals surface area contributed by atoms with E-state index in [9.17, 15) is 0 Å². The molecule has 118 valence electrons. The van der Waals surface area contributed by atoms with Crippen molar-refractivity contribution in [2.24, 2.45) is 17.3 Å². The van der Waals surface area contributed by atoms with Crippen molar-refractivity contribution in [1.82, 2.24) is 0 Å². The molecular formula is C21H28O. The first-order chi connectivity index (χ1) is 10.7. The lowest BCUT2D eigenvalue weighted by Crippen LogP contribution is -2.40. The van der Waals surface area contributed by atoms with Gasteiger partial charge in [0.15, 0.2) is 0 Å². The van der Waals surface area contributed by atoms with Crippen LogP contribution in [0.25, 0.3) is 0 Å². The quantitative estimate of drug-likeness (QED) is 0.622. The maximum Gasteiger partial charge on any atom is 0.119 e. The van der Waals surface area contributed by atoms with Gasteiger partial charge in [-0.3, -0.25) is 0 Å². The van der Waals surface area contributed by atoms with Crippen LogP contribution in [-0.4, -0.2) is 7.11 Å². The number of benzene rings is 1. The minimum absolute atomic E-state index is 0.500. The van der Waals surface area contributed by atoms with Gasteiger partial charge in [-0.1, -0.05) is 24.6 Å². The molecule has 2 fully saturated rings. The Hall–Kier alpha value is -1.24. The molecular weight excluding hydrogens is 268 g/mol. The second kappa shape index (κ2) is 5.15. The standard InChI is InChI=1S/C21H28O/c1-4-15-6-10-20-19-8-5-14-13-16(22-3)7-9-17(14)18(19)11-12-21(15,20)2/h4,7,9,13,18-20H,5-6,8,10-12H2,1-3H3/b15-4+/t18-,19-,20-,21-/m1/s1. The van der Waals surface area contributed by atoms with E-state index in [1.807, 2.05) is 0 Å². The summed E-state index contributed by atoms with van der Waals surface area (Å²) in [6.07, 6.45) is 10.5. The van der Waals surface area contributed by atoms with Gasteiger partial charge in [0.2, 0.25) is 0 Å². The van der Waals surface area contributed by atoms with Gasteiger partial charge in [-0.25, -0.2) is 0 Å². The fraction of sp³-hybridized carbons (Fsp3) is 0.619. The molecule has 3 aliphatic rings. The predicted molar refractivity (Wildman–Crippen MR) is 91.4 cm³/mol. The van der Waals surface area contributed by atoms with Gasteiger partial charge in [-0.15, -0.1) is 0 Å². The third kappa shape index (κ3) is 1.90. The number of aryl methyl sites for hydroxylation is 1. The van der Waals surface area contributed by atoms with Crippen LogP contribution in [0.15, 0.2) is 29.8 Å². The first-order valence-corrected chi connectivity index (χ1v) is 9.00. The molecule has 0 unspecified atom stereocenters. The van der Waals surface area contributed by atoms with Crippen molar-refractivity contribution in [3.8, 4) is 5.75 Å². The van der Waals surface area contributed by atoms with Crippen molar-refractivity contribution in [3.05, 3.63) is 41.0 Å². The molecule has 1 nitrogen and oxygen atoms in total. The third-order valence-corrected chi connectivity index (χ3v) is 7.13. The van der Waals surface area contributed by atoms with Crippen molar-refractivity contribution < 1.29 is 4.74 Å². The van der Waals surface area contributed by atoms with E-state index < -0.39 is 0 Å². The molecule has 0 saturated heterocycles. The molecule has 0 aliphatic heterocycles. The van der Waals surface area contributed by atoms with Crippen molar-refractivity contribution in [2.45, 2.75) is 58.3 Å². The fourth-order valence-corrected chi connectivity index (χ4v) is 6.01. The van der Waals surface area contributed by atoms with Crippen LogP contribution in [-0.2, 0) is 6.42 Å². The van der Waals surface area contributed by atoms with E-state index in [1.54, 1.807) is 23.8 Å². The smallest absolute Gasteiger partial charge is 0.119 e. The van der Waals surface area contributed by atoms with E-state index in [0.29, 0.717) is 5.41 Å². The Morgan fingerprint density at radius 3 is 2.82 bits per heavy atom. The Morgan fingerprint density at radius 2 is 2.05 bits per heavy atom. The van der Waals surface area contributed by atoms with Crippen LogP contribution >= 0.6 is 0 Å². The zero-order valence-electron chi connectivity index (χ0n) is 14.2. The summed E-state index contributed by atoms with van der Waals surface area (Å²) in [5.41, 5.74) is 5.43. The highest BCUT2D eigenvalue weighted by Crippen LogP contribution is 2.62. The summed E-state index contributed by atoms with van der Waals surface area (Å²) in [6, 6.07) is 6.81. The van der Waals surface area contributed by atoms with Crippen molar-refractivity contribution in [3.63, 3.8) is 0 Å². The maximum atomic E-state index is 5.42. The number of hydrogen-bond acceptors (Lipinski definition) is 1. The summed E-state index contributed by atoms with van der Waals surface area (Å²) in [4.78, 5) is 0. The highest BCUT2D eigenvalue weighted by atomic mass is 16.5. The molecule has 0 heterocycles. The van der Waals surface area contributed by atoms with Gasteiger partial charge < -0.3 is 4.74 Å². The number of hydrogen-bond donors (Lipinski definition) is 0. The molecule has 1 heteroatoms. The molecule has 0 aromatic heterocycles. The van der Waals surface area contributed by atoms with Gasteiger partial charge in [-0.2, -0.15) is 0 Å². The Kier molecular flexibility index (Phi) is 3.36. The first-order valence-electron chi connectivity index (χ1n) is 9.00. The van der Waals surface area contributed by atoms with E-state index in [4.69, 9.17) is 4.74 Å². The van der Waals surface area contributed by atoms with E-state index in [-0.39, 0.29) is 0 Å². The van der Waals surface area contributed by atoms with Crippen LogP contribution in [0.1, 0.15) is 63.0 Å². The molecule has 0 bridgehead atoms. The van der Waals surface area contributed by atoms with E-state index in [2.05, 4.69) is 38.1 Å². The Labute approximate surface area is 134 Å². The third-order valence-electron chi connectivity index (χ3n) is 7.13. The molecule has 0 N–H and O–H groups in total. The second-order valence-electron chi connectivity index (χ2n) is 7.79. The molecule has 0 amide bonds. The van der Waals surface area contributed by atoms with Crippen molar-refractivity contribution >= 4 is 0 Å². The molecule has 0 spiro atoms. The molecule has 1 aromatic rings.